The summed E-state index contributed by atoms with van der Waals surface area (Å²) in [5.74, 6) is 1.23. The van der Waals surface area contributed by atoms with Crippen LogP contribution in [0.2, 0.25) is 0 Å². The van der Waals surface area contributed by atoms with Crippen LogP contribution in [0, 0.1) is 5.92 Å². The Bertz CT molecular complexity index is 930. The maximum atomic E-state index is 12.9. The zero-order chi connectivity index (χ0) is 23.1. The van der Waals surface area contributed by atoms with Gasteiger partial charge in [-0.1, -0.05) is 23.9 Å². The Morgan fingerprint density at radius 2 is 1.97 bits per heavy atom. The minimum atomic E-state index is -4.35. The van der Waals surface area contributed by atoms with Crippen LogP contribution < -0.4 is 11.5 Å². The Morgan fingerprint density at radius 1 is 1.28 bits per heavy atom. The summed E-state index contributed by atoms with van der Waals surface area (Å²) >= 11 is 0. The molecular formula is C22H27F3N6O. The zero-order valence-corrected chi connectivity index (χ0v) is 17.6. The first-order valence-electron chi connectivity index (χ1n) is 10.3. The van der Waals surface area contributed by atoms with Crippen molar-refractivity contribution in [2.24, 2.45) is 27.4 Å². The van der Waals surface area contributed by atoms with Crippen LogP contribution in [0.25, 0.3) is 0 Å². The van der Waals surface area contributed by atoms with Crippen LogP contribution in [0.15, 0.2) is 63.6 Å². The van der Waals surface area contributed by atoms with Gasteiger partial charge in [0.1, 0.15) is 24.3 Å². The first kappa shape index (κ1) is 23.5. The number of benzene rings is 1. The van der Waals surface area contributed by atoms with Crippen LogP contribution in [-0.2, 0) is 12.6 Å². The predicted molar refractivity (Wildman–Crippen MR) is 117 cm³/mol. The lowest BCUT2D eigenvalue weighted by molar-refractivity contribution is -0.137. The number of alkyl halides is 3. The molecule has 0 radical (unpaired) electrons. The van der Waals surface area contributed by atoms with Gasteiger partial charge in [-0.05, 0) is 48.9 Å². The minimum Gasteiger partial charge on any atom is -0.384 e. The number of hydrogen-bond acceptors (Lipinski definition) is 5. The number of hydrogen-bond donors (Lipinski definition) is 2. The number of halogens is 3. The lowest BCUT2D eigenvalue weighted by atomic mass is 9.80. The Balaban J connectivity index is 1.68. The van der Waals surface area contributed by atoms with Gasteiger partial charge in [-0.15, -0.1) is 0 Å². The third kappa shape index (κ3) is 6.19. The largest absolute Gasteiger partial charge is 0.416 e. The van der Waals surface area contributed by atoms with Gasteiger partial charge >= 0.3 is 6.18 Å². The van der Waals surface area contributed by atoms with E-state index in [9.17, 15) is 13.2 Å². The average Bonchev–Trinajstić information content (AvgIpc) is 3.27. The highest BCUT2D eigenvalue weighted by molar-refractivity contribution is 5.90. The maximum absolute atomic E-state index is 12.9. The molecule has 1 aliphatic heterocycles. The molecule has 2 heterocycles. The van der Waals surface area contributed by atoms with Crippen LogP contribution in [0.4, 0.5) is 13.2 Å². The van der Waals surface area contributed by atoms with Crippen LogP contribution in [-0.4, -0.2) is 41.9 Å². The summed E-state index contributed by atoms with van der Waals surface area (Å²) in [6.07, 6.45) is 2.44. The first-order chi connectivity index (χ1) is 15.3. The van der Waals surface area contributed by atoms with Crippen molar-refractivity contribution in [2.75, 3.05) is 19.6 Å². The molecule has 0 amide bonds. The van der Waals surface area contributed by atoms with Crippen molar-refractivity contribution in [1.82, 2.24) is 10.1 Å². The van der Waals surface area contributed by atoms with Crippen molar-refractivity contribution in [2.45, 2.75) is 31.4 Å². The van der Waals surface area contributed by atoms with Crippen molar-refractivity contribution in [3.63, 3.8) is 0 Å². The molecule has 32 heavy (non-hydrogen) atoms. The fourth-order valence-electron chi connectivity index (χ4n) is 3.99. The number of nitrogens with zero attached hydrogens (tertiary/aromatic N) is 4. The summed E-state index contributed by atoms with van der Waals surface area (Å²) in [6.45, 7) is 5.38. The number of rotatable bonds is 7. The van der Waals surface area contributed by atoms with Gasteiger partial charge in [0.25, 0.3) is 0 Å². The van der Waals surface area contributed by atoms with Crippen LogP contribution >= 0.6 is 0 Å². The van der Waals surface area contributed by atoms with Gasteiger partial charge in [0.05, 0.1) is 11.8 Å². The third-order valence-corrected chi connectivity index (χ3v) is 5.67. The smallest absolute Gasteiger partial charge is 0.384 e. The molecule has 172 valence electrons. The molecule has 4 N–H and O–H groups in total. The van der Waals surface area contributed by atoms with E-state index in [1.54, 1.807) is 24.6 Å². The molecule has 0 bridgehead atoms. The van der Waals surface area contributed by atoms with Gasteiger partial charge in [-0.25, -0.2) is 9.98 Å². The number of likely N-dealkylation sites (tertiary alicyclic amines) is 1. The van der Waals surface area contributed by atoms with Crippen LogP contribution in [0.5, 0.6) is 0 Å². The van der Waals surface area contributed by atoms with Crippen molar-refractivity contribution in [3.8, 4) is 0 Å². The Labute approximate surface area is 184 Å². The Kier molecular flexibility index (Phi) is 7.68. The topological polar surface area (TPSA) is 106 Å². The molecule has 1 atom stereocenters. The highest BCUT2D eigenvalue weighted by Crippen LogP contribution is 2.35. The maximum Gasteiger partial charge on any atom is 0.416 e. The molecule has 3 rings (SSSR count). The van der Waals surface area contributed by atoms with E-state index >= 15 is 0 Å². The molecule has 0 aliphatic carbocycles. The predicted octanol–water partition coefficient (Wildman–Crippen LogP) is 3.55. The molecule has 1 aliphatic rings. The van der Waals surface area contributed by atoms with Crippen molar-refractivity contribution >= 4 is 12.2 Å². The molecule has 1 fully saturated rings. The highest BCUT2D eigenvalue weighted by atomic mass is 19.4. The number of amidine groups is 1. The molecule has 1 unspecified atom stereocenters. The summed E-state index contributed by atoms with van der Waals surface area (Å²) in [5, 5.41) is 3.73. The molecule has 7 nitrogen and oxygen atoms in total. The second-order valence-electron chi connectivity index (χ2n) is 7.78. The molecule has 1 aromatic carbocycles. The third-order valence-electron chi connectivity index (χ3n) is 5.67. The van der Waals surface area contributed by atoms with Gasteiger partial charge in [0.15, 0.2) is 0 Å². The van der Waals surface area contributed by atoms with E-state index in [-0.39, 0.29) is 17.7 Å². The molecule has 1 aromatic heterocycles. The van der Waals surface area contributed by atoms with E-state index in [1.807, 2.05) is 0 Å². The lowest BCUT2D eigenvalue weighted by Crippen LogP contribution is -2.41. The fraction of sp³-hybridized carbons (Fsp3) is 0.409. The summed E-state index contributed by atoms with van der Waals surface area (Å²) in [7, 11) is 0. The van der Waals surface area contributed by atoms with Crippen molar-refractivity contribution < 1.29 is 17.7 Å². The van der Waals surface area contributed by atoms with Gasteiger partial charge in [-0.2, -0.15) is 13.2 Å². The quantitative estimate of drug-likeness (QED) is 0.498. The Hall–Kier alpha value is -3.14. The highest BCUT2D eigenvalue weighted by Gasteiger charge is 2.32. The molecule has 0 spiro atoms. The summed E-state index contributed by atoms with van der Waals surface area (Å²) in [5.41, 5.74) is 12.6. The fourth-order valence-corrected chi connectivity index (χ4v) is 3.99. The van der Waals surface area contributed by atoms with E-state index in [1.165, 1.54) is 6.34 Å². The summed E-state index contributed by atoms with van der Waals surface area (Å²) < 4.78 is 43.5. The van der Waals surface area contributed by atoms with Gasteiger partial charge in [-0.3, -0.25) is 0 Å². The SMILES string of the molecule is C=C(N)/N=C\N=C(/Cc1cnoc1)N1CCC(C(CN)c2ccc(C(F)(F)F)cc2)CC1. The van der Waals surface area contributed by atoms with Crippen LogP contribution in [0.1, 0.15) is 35.4 Å². The molecule has 2 aromatic rings. The van der Waals surface area contributed by atoms with Gasteiger partial charge in [0.2, 0.25) is 0 Å². The molecular weight excluding hydrogens is 421 g/mol. The molecule has 10 heteroatoms. The second kappa shape index (κ2) is 10.4. The van der Waals surface area contributed by atoms with Crippen LogP contribution in [0.3, 0.4) is 0 Å². The van der Waals surface area contributed by atoms with E-state index in [4.69, 9.17) is 16.0 Å². The zero-order valence-electron chi connectivity index (χ0n) is 17.6. The van der Waals surface area contributed by atoms with E-state index in [0.717, 1.165) is 55.0 Å². The molecule has 1 saturated heterocycles. The normalized spacial score (nSPS) is 17.1. The van der Waals surface area contributed by atoms with E-state index in [0.29, 0.717) is 13.0 Å². The summed E-state index contributed by atoms with van der Waals surface area (Å²) in [4.78, 5) is 10.5. The molecule has 0 saturated carbocycles. The summed E-state index contributed by atoms with van der Waals surface area (Å²) in [6, 6.07) is 5.34. The van der Waals surface area contributed by atoms with E-state index < -0.39 is 11.7 Å². The average molecular weight is 448 g/mol. The lowest BCUT2D eigenvalue weighted by Gasteiger charge is -2.37. The second-order valence-corrected chi connectivity index (χ2v) is 7.78. The first-order valence-corrected chi connectivity index (χ1v) is 10.3. The number of aliphatic imine (C=N–C) groups is 2. The number of aromatic nitrogens is 1. The minimum absolute atomic E-state index is 0.0000211. The van der Waals surface area contributed by atoms with E-state index in [2.05, 4.69) is 26.6 Å². The number of piperidine rings is 1. The monoisotopic (exact) mass is 448 g/mol. The standard InChI is InChI=1S/C22H27F3N6O/c1-15(27)28-14-29-21(10-16-12-30-32-13-16)31-8-6-18(7-9-31)20(11-26)17-2-4-19(5-3-17)22(23,24)25/h2-5,12-14,18,20H,1,6-11,26-27H2/b28-14-,29-21+. The van der Waals surface area contributed by atoms with Crippen molar-refractivity contribution in [1.29, 1.82) is 0 Å². The van der Waals surface area contributed by atoms with Crippen molar-refractivity contribution in [3.05, 3.63) is 65.8 Å². The Morgan fingerprint density at radius 3 is 2.50 bits per heavy atom. The number of nitrogens with two attached hydrogens (primary N) is 2. The van der Waals surface area contributed by atoms with Gasteiger partial charge in [0, 0.05) is 25.1 Å². The van der Waals surface area contributed by atoms with Gasteiger partial charge < -0.3 is 20.9 Å².